The maximum absolute atomic E-state index is 11.5. The molecule has 0 aromatic heterocycles. The highest BCUT2D eigenvalue weighted by Gasteiger charge is 2.03. The van der Waals surface area contributed by atoms with Crippen molar-refractivity contribution in [1.82, 2.24) is 10.6 Å². The number of unbranched alkanes of at least 4 members (excludes halogenated alkanes) is 3. The number of nitrogens with one attached hydrogen (secondary N) is 2. The quantitative estimate of drug-likeness (QED) is 0.359. The van der Waals surface area contributed by atoms with Crippen LogP contribution in [0, 0.1) is 0 Å². The third-order valence-electron chi connectivity index (χ3n) is 3.79. The van der Waals surface area contributed by atoms with E-state index >= 15 is 0 Å². The molecule has 26 heavy (non-hydrogen) atoms. The van der Waals surface area contributed by atoms with Gasteiger partial charge in [-0.05, 0) is 6.42 Å². The Labute approximate surface area is 157 Å². The monoisotopic (exact) mass is 372 g/mol. The molecule has 0 saturated heterocycles. The number of ether oxygens (including phenoxy) is 2. The first-order valence-electron chi connectivity index (χ1n) is 9.80. The minimum Gasteiger partial charge on any atom is -0.379 e. The van der Waals surface area contributed by atoms with Crippen molar-refractivity contribution < 1.29 is 23.9 Å². The van der Waals surface area contributed by atoms with Crippen molar-refractivity contribution in [3.05, 3.63) is 0 Å². The lowest BCUT2D eigenvalue weighted by molar-refractivity contribution is -0.123. The van der Waals surface area contributed by atoms with Crippen LogP contribution in [0.25, 0.3) is 0 Å². The molecule has 0 saturated carbocycles. The van der Waals surface area contributed by atoms with Gasteiger partial charge in [0.25, 0.3) is 0 Å². The molecule has 152 valence electrons. The summed E-state index contributed by atoms with van der Waals surface area (Å²) in [4.78, 5) is 34.1. The molecule has 0 aliphatic heterocycles. The van der Waals surface area contributed by atoms with Gasteiger partial charge in [-0.1, -0.05) is 33.1 Å². The molecule has 0 bridgehead atoms. The van der Waals surface area contributed by atoms with Gasteiger partial charge in [0.15, 0.2) is 0 Å². The van der Waals surface area contributed by atoms with Crippen LogP contribution in [0.15, 0.2) is 0 Å². The Morgan fingerprint density at radius 3 is 2.04 bits per heavy atom. The molecule has 0 atom stereocenters. The van der Waals surface area contributed by atoms with E-state index in [1.54, 1.807) is 0 Å². The first-order valence-corrected chi connectivity index (χ1v) is 9.80. The van der Waals surface area contributed by atoms with E-state index in [2.05, 4.69) is 17.6 Å². The fraction of sp³-hybridized carbons (Fsp3) is 0.842. The van der Waals surface area contributed by atoms with Crippen molar-refractivity contribution in [2.45, 2.75) is 65.2 Å². The SMILES string of the molecule is CCCCCCC(=O)NCCOCCOCCC(=O)NCCC(=O)CC. The van der Waals surface area contributed by atoms with E-state index in [1.165, 1.54) is 12.8 Å². The van der Waals surface area contributed by atoms with Gasteiger partial charge >= 0.3 is 0 Å². The Bertz CT molecular complexity index is 388. The predicted octanol–water partition coefficient (Wildman–Crippen LogP) is 1.98. The normalized spacial score (nSPS) is 10.5. The van der Waals surface area contributed by atoms with Crippen LogP contribution in [-0.2, 0) is 23.9 Å². The summed E-state index contributed by atoms with van der Waals surface area (Å²) in [7, 11) is 0. The first-order chi connectivity index (χ1) is 12.6. The number of rotatable bonds is 18. The standard InChI is InChI=1S/C19H36N2O5/c1-3-5-6-7-8-18(23)21-12-14-26-16-15-25-13-10-19(24)20-11-9-17(22)4-2/h3-16H2,1-2H3,(H,20,24)(H,21,23). The van der Waals surface area contributed by atoms with Crippen LogP contribution in [0.2, 0.25) is 0 Å². The van der Waals surface area contributed by atoms with Crippen LogP contribution in [0.4, 0.5) is 0 Å². The fourth-order valence-corrected chi connectivity index (χ4v) is 2.16. The van der Waals surface area contributed by atoms with E-state index in [4.69, 9.17) is 9.47 Å². The molecule has 0 aromatic carbocycles. The van der Waals surface area contributed by atoms with E-state index in [9.17, 15) is 14.4 Å². The minimum absolute atomic E-state index is 0.0765. The van der Waals surface area contributed by atoms with Crippen LogP contribution in [0.1, 0.15) is 65.2 Å². The second-order valence-corrected chi connectivity index (χ2v) is 6.13. The summed E-state index contributed by atoms with van der Waals surface area (Å²) >= 11 is 0. The highest BCUT2D eigenvalue weighted by molar-refractivity contribution is 5.80. The Morgan fingerprint density at radius 1 is 0.692 bits per heavy atom. The summed E-state index contributed by atoms with van der Waals surface area (Å²) in [5.74, 6) is 0.107. The van der Waals surface area contributed by atoms with Gasteiger partial charge in [-0.2, -0.15) is 0 Å². The van der Waals surface area contributed by atoms with Gasteiger partial charge in [0.1, 0.15) is 5.78 Å². The van der Waals surface area contributed by atoms with Gasteiger partial charge in [0, 0.05) is 38.8 Å². The maximum atomic E-state index is 11.5. The summed E-state index contributed by atoms with van der Waals surface area (Å²) in [6.45, 7) is 6.47. The van der Waals surface area contributed by atoms with Crippen LogP contribution in [-0.4, -0.2) is 57.1 Å². The molecule has 2 amide bonds. The largest absolute Gasteiger partial charge is 0.379 e. The molecule has 0 radical (unpaired) electrons. The highest BCUT2D eigenvalue weighted by atomic mass is 16.5. The van der Waals surface area contributed by atoms with Crippen molar-refractivity contribution in [2.75, 3.05) is 39.5 Å². The number of amides is 2. The molecule has 0 aromatic rings. The number of hydrogen-bond acceptors (Lipinski definition) is 5. The molecule has 0 heterocycles. The third kappa shape index (κ3) is 17.4. The zero-order valence-corrected chi connectivity index (χ0v) is 16.4. The summed E-state index contributed by atoms with van der Waals surface area (Å²) in [5, 5.41) is 5.51. The van der Waals surface area contributed by atoms with Crippen molar-refractivity contribution >= 4 is 17.6 Å². The summed E-state index contributed by atoms with van der Waals surface area (Å²) in [5.41, 5.74) is 0. The number of carbonyl (C=O) groups is 3. The Morgan fingerprint density at radius 2 is 1.35 bits per heavy atom. The van der Waals surface area contributed by atoms with E-state index < -0.39 is 0 Å². The smallest absolute Gasteiger partial charge is 0.222 e. The number of hydrogen-bond donors (Lipinski definition) is 2. The predicted molar refractivity (Wildman–Crippen MR) is 101 cm³/mol. The Hall–Kier alpha value is -1.47. The van der Waals surface area contributed by atoms with Gasteiger partial charge in [-0.25, -0.2) is 0 Å². The lowest BCUT2D eigenvalue weighted by Gasteiger charge is -2.08. The second kappa shape index (κ2) is 18.3. The molecule has 0 aliphatic rings. The van der Waals surface area contributed by atoms with Crippen LogP contribution >= 0.6 is 0 Å². The van der Waals surface area contributed by atoms with E-state index in [-0.39, 0.29) is 24.0 Å². The molecular formula is C19H36N2O5. The fourth-order valence-electron chi connectivity index (χ4n) is 2.16. The van der Waals surface area contributed by atoms with Gasteiger partial charge in [0.05, 0.1) is 26.4 Å². The third-order valence-corrected chi connectivity index (χ3v) is 3.79. The van der Waals surface area contributed by atoms with Gasteiger partial charge in [-0.3, -0.25) is 14.4 Å². The second-order valence-electron chi connectivity index (χ2n) is 6.13. The lowest BCUT2D eigenvalue weighted by Crippen LogP contribution is -2.27. The molecule has 0 unspecified atom stereocenters. The molecule has 7 nitrogen and oxygen atoms in total. The molecule has 0 fully saturated rings. The topological polar surface area (TPSA) is 93.7 Å². The van der Waals surface area contributed by atoms with Crippen molar-refractivity contribution in [1.29, 1.82) is 0 Å². The summed E-state index contributed by atoms with van der Waals surface area (Å²) in [6, 6.07) is 0. The average Bonchev–Trinajstić information content (AvgIpc) is 2.63. The molecular weight excluding hydrogens is 336 g/mol. The van der Waals surface area contributed by atoms with E-state index in [1.807, 2.05) is 6.92 Å². The molecule has 0 rings (SSSR count). The van der Waals surface area contributed by atoms with Crippen molar-refractivity contribution in [3.8, 4) is 0 Å². The maximum Gasteiger partial charge on any atom is 0.222 e. The molecule has 0 spiro atoms. The zero-order chi connectivity index (χ0) is 19.5. The van der Waals surface area contributed by atoms with Gasteiger partial charge in [0.2, 0.25) is 11.8 Å². The van der Waals surface area contributed by atoms with Crippen molar-refractivity contribution in [3.63, 3.8) is 0 Å². The van der Waals surface area contributed by atoms with Gasteiger partial charge in [-0.15, -0.1) is 0 Å². The highest BCUT2D eigenvalue weighted by Crippen LogP contribution is 2.01. The Kier molecular flexibility index (Phi) is 17.3. The van der Waals surface area contributed by atoms with Crippen LogP contribution < -0.4 is 10.6 Å². The number of Topliss-reactive ketones (excluding diaryl/α,β-unsaturated/α-hetero) is 1. The van der Waals surface area contributed by atoms with Crippen LogP contribution in [0.3, 0.4) is 0 Å². The zero-order valence-electron chi connectivity index (χ0n) is 16.4. The summed E-state index contributed by atoms with van der Waals surface area (Å²) < 4.78 is 10.7. The van der Waals surface area contributed by atoms with Gasteiger partial charge < -0.3 is 20.1 Å². The van der Waals surface area contributed by atoms with E-state index in [0.717, 1.165) is 12.8 Å². The first kappa shape index (κ1) is 24.5. The van der Waals surface area contributed by atoms with E-state index in [0.29, 0.717) is 58.8 Å². The lowest BCUT2D eigenvalue weighted by atomic mass is 10.1. The number of carbonyl (C=O) groups excluding carboxylic acids is 3. The molecule has 7 heteroatoms. The minimum atomic E-state index is -0.114. The van der Waals surface area contributed by atoms with Crippen molar-refractivity contribution in [2.24, 2.45) is 0 Å². The Balaban J connectivity index is 3.29. The number of ketones is 1. The average molecular weight is 373 g/mol. The molecule has 2 N–H and O–H groups in total. The van der Waals surface area contributed by atoms with Crippen LogP contribution in [0.5, 0.6) is 0 Å². The summed E-state index contributed by atoms with van der Waals surface area (Å²) in [6.07, 6.45) is 6.13. The molecule has 0 aliphatic carbocycles.